The number of carbonyl (C=O) groups excluding carboxylic acids is 1. The molecule has 114 valence electrons. The standard InChI is InChI=1S/C16H22ClN3O/c1-4-9-18-14(21)8-10-20-13-7-5-6-11(2)15(13)19-16(20)12(3)17/h5-7,12H,4,8-10H2,1-3H3,(H,18,21). The summed E-state index contributed by atoms with van der Waals surface area (Å²) in [6.45, 7) is 7.31. The maximum absolute atomic E-state index is 11.8. The minimum Gasteiger partial charge on any atom is -0.356 e. The summed E-state index contributed by atoms with van der Waals surface area (Å²) in [6, 6.07) is 6.08. The molecule has 21 heavy (non-hydrogen) atoms. The van der Waals surface area contributed by atoms with Crippen molar-refractivity contribution in [2.45, 2.75) is 45.5 Å². The molecule has 1 heterocycles. The lowest BCUT2D eigenvalue weighted by molar-refractivity contribution is -0.121. The molecule has 0 saturated carbocycles. The number of aryl methyl sites for hydroxylation is 2. The van der Waals surface area contributed by atoms with Crippen molar-refractivity contribution >= 4 is 28.5 Å². The summed E-state index contributed by atoms with van der Waals surface area (Å²) in [7, 11) is 0. The van der Waals surface area contributed by atoms with Crippen LogP contribution in [0.3, 0.4) is 0 Å². The molecule has 0 radical (unpaired) electrons. The number of imidazole rings is 1. The number of halogens is 1. The quantitative estimate of drug-likeness (QED) is 0.829. The van der Waals surface area contributed by atoms with Crippen molar-refractivity contribution in [1.29, 1.82) is 0 Å². The van der Waals surface area contributed by atoms with Gasteiger partial charge >= 0.3 is 0 Å². The third kappa shape index (κ3) is 3.56. The number of fused-ring (bicyclic) bond motifs is 1. The van der Waals surface area contributed by atoms with Crippen LogP contribution < -0.4 is 5.32 Å². The zero-order chi connectivity index (χ0) is 15.4. The topological polar surface area (TPSA) is 46.9 Å². The molecule has 0 spiro atoms. The second-order valence-corrected chi connectivity index (χ2v) is 5.93. The van der Waals surface area contributed by atoms with Crippen LogP contribution in [0, 0.1) is 6.92 Å². The number of carbonyl (C=O) groups is 1. The third-order valence-electron chi connectivity index (χ3n) is 3.50. The first-order chi connectivity index (χ1) is 10.0. The lowest BCUT2D eigenvalue weighted by Gasteiger charge is -2.10. The molecule has 0 bridgehead atoms. The Morgan fingerprint density at radius 3 is 2.90 bits per heavy atom. The van der Waals surface area contributed by atoms with Gasteiger partial charge in [-0.05, 0) is 31.9 Å². The summed E-state index contributed by atoms with van der Waals surface area (Å²) >= 11 is 6.25. The van der Waals surface area contributed by atoms with Gasteiger partial charge < -0.3 is 9.88 Å². The fourth-order valence-corrected chi connectivity index (χ4v) is 2.58. The number of aromatic nitrogens is 2. The highest BCUT2D eigenvalue weighted by Gasteiger charge is 2.16. The highest BCUT2D eigenvalue weighted by atomic mass is 35.5. The zero-order valence-corrected chi connectivity index (χ0v) is 13.6. The fourth-order valence-electron chi connectivity index (χ4n) is 2.41. The van der Waals surface area contributed by atoms with Crippen LogP contribution in [0.2, 0.25) is 0 Å². The SMILES string of the molecule is CCCNC(=O)CCn1c(C(C)Cl)nc2c(C)cccc21. The average Bonchev–Trinajstić information content (AvgIpc) is 2.83. The Hall–Kier alpha value is -1.55. The molecular weight excluding hydrogens is 286 g/mol. The van der Waals surface area contributed by atoms with E-state index in [2.05, 4.69) is 14.9 Å². The number of rotatable bonds is 6. The van der Waals surface area contributed by atoms with Crippen molar-refractivity contribution in [2.24, 2.45) is 0 Å². The van der Waals surface area contributed by atoms with E-state index in [1.165, 1.54) is 0 Å². The molecule has 1 aromatic carbocycles. The van der Waals surface area contributed by atoms with Crippen LogP contribution >= 0.6 is 11.6 Å². The Bertz CT molecular complexity index is 634. The Kier molecular flexibility index (Phi) is 5.23. The van der Waals surface area contributed by atoms with Crippen molar-refractivity contribution in [3.05, 3.63) is 29.6 Å². The summed E-state index contributed by atoms with van der Waals surface area (Å²) in [5.41, 5.74) is 3.13. The molecule has 1 aromatic heterocycles. The monoisotopic (exact) mass is 307 g/mol. The number of alkyl halides is 1. The number of nitrogens with zero attached hydrogens (tertiary/aromatic N) is 2. The second-order valence-electron chi connectivity index (χ2n) is 5.28. The molecule has 0 aliphatic rings. The van der Waals surface area contributed by atoms with E-state index in [0.29, 0.717) is 13.0 Å². The van der Waals surface area contributed by atoms with Gasteiger partial charge in [0.05, 0.1) is 16.4 Å². The molecule has 0 aliphatic carbocycles. The van der Waals surface area contributed by atoms with Gasteiger partial charge in [0.2, 0.25) is 5.91 Å². The molecule has 4 nitrogen and oxygen atoms in total. The average molecular weight is 308 g/mol. The maximum atomic E-state index is 11.8. The van der Waals surface area contributed by atoms with Crippen molar-refractivity contribution < 1.29 is 4.79 Å². The predicted octanol–water partition coefficient (Wildman–Crippen LogP) is 3.56. The minimum atomic E-state index is -0.185. The minimum absolute atomic E-state index is 0.0690. The predicted molar refractivity (Wildman–Crippen MR) is 86.7 cm³/mol. The lowest BCUT2D eigenvalue weighted by Crippen LogP contribution is -2.25. The number of benzene rings is 1. The maximum Gasteiger partial charge on any atom is 0.221 e. The van der Waals surface area contributed by atoms with Gasteiger partial charge in [0.1, 0.15) is 5.82 Å². The third-order valence-corrected chi connectivity index (χ3v) is 3.70. The smallest absolute Gasteiger partial charge is 0.221 e. The summed E-state index contributed by atoms with van der Waals surface area (Å²) < 4.78 is 2.06. The summed E-state index contributed by atoms with van der Waals surface area (Å²) in [5.74, 6) is 0.892. The van der Waals surface area contributed by atoms with Gasteiger partial charge in [-0.3, -0.25) is 4.79 Å². The van der Waals surface area contributed by atoms with E-state index in [9.17, 15) is 4.79 Å². The van der Waals surface area contributed by atoms with E-state index < -0.39 is 0 Å². The van der Waals surface area contributed by atoms with E-state index in [1.807, 2.05) is 39.0 Å². The highest BCUT2D eigenvalue weighted by Crippen LogP contribution is 2.26. The molecule has 1 unspecified atom stereocenters. The van der Waals surface area contributed by atoms with Gasteiger partial charge in [0.25, 0.3) is 0 Å². The van der Waals surface area contributed by atoms with Crippen LogP contribution in [0.4, 0.5) is 0 Å². The largest absolute Gasteiger partial charge is 0.356 e. The van der Waals surface area contributed by atoms with Crippen LogP contribution in [-0.4, -0.2) is 22.0 Å². The normalized spacial score (nSPS) is 12.6. The van der Waals surface area contributed by atoms with Crippen molar-refractivity contribution in [1.82, 2.24) is 14.9 Å². The van der Waals surface area contributed by atoms with Crippen molar-refractivity contribution in [2.75, 3.05) is 6.54 Å². The Morgan fingerprint density at radius 2 is 2.24 bits per heavy atom. The van der Waals surface area contributed by atoms with Gasteiger partial charge in [-0.15, -0.1) is 11.6 Å². The molecule has 1 N–H and O–H groups in total. The van der Waals surface area contributed by atoms with E-state index in [-0.39, 0.29) is 11.3 Å². The first kappa shape index (κ1) is 15.8. The molecule has 0 fully saturated rings. The fraction of sp³-hybridized carbons (Fsp3) is 0.500. The number of amides is 1. The van der Waals surface area contributed by atoms with Gasteiger partial charge in [0.15, 0.2) is 0 Å². The van der Waals surface area contributed by atoms with Gasteiger partial charge in [0, 0.05) is 19.5 Å². The molecule has 1 atom stereocenters. The van der Waals surface area contributed by atoms with E-state index >= 15 is 0 Å². The zero-order valence-electron chi connectivity index (χ0n) is 12.8. The highest BCUT2D eigenvalue weighted by molar-refractivity contribution is 6.20. The summed E-state index contributed by atoms with van der Waals surface area (Å²) in [6.07, 6.45) is 1.39. The summed E-state index contributed by atoms with van der Waals surface area (Å²) in [5, 5.41) is 2.71. The molecule has 1 amide bonds. The Morgan fingerprint density at radius 1 is 1.48 bits per heavy atom. The second kappa shape index (κ2) is 6.94. The van der Waals surface area contributed by atoms with Gasteiger partial charge in [-0.2, -0.15) is 0 Å². The number of nitrogens with one attached hydrogen (secondary N) is 1. The van der Waals surface area contributed by atoms with Crippen molar-refractivity contribution in [3.8, 4) is 0 Å². The molecule has 5 heteroatoms. The van der Waals surface area contributed by atoms with Crippen LogP contribution in [0.15, 0.2) is 18.2 Å². The van der Waals surface area contributed by atoms with Gasteiger partial charge in [-0.25, -0.2) is 4.98 Å². The number of hydrogen-bond acceptors (Lipinski definition) is 2. The molecule has 0 saturated heterocycles. The first-order valence-corrected chi connectivity index (χ1v) is 7.84. The van der Waals surface area contributed by atoms with E-state index in [4.69, 9.17) is 11.6 Å². The number of para-hydroxylation sites is 1. The van der Waals surface area contributed by atoms with Crippen LogP contribution in [0.5, 0.6) is 0 Å². The lowest BCUT2D eigenvalue weighted by atomic mass is 10.2. The Labute approximate surface area is 130 Å². The number of hydrogen-bond donors (Lipinski definition) is 1. The van der Waals surface area contributed by atoms with Crippen LogP contribution in [0.25, 0.3) is 11.0 Å². The Balaban J connectivity index is 2.27. The first-order valence-electron chi connectivity index (χ1n) is 7.41. The van der Waals surface area contributed by atoms with Gasteiger partial charge in [-0.1, -0.05) is 19.1 Å². The van der Waals surface area contributed by atoms with Crippen LogP contribution in [0.1, 0.15) is 43.5 Å². The van der Waals surface area contributed by atoms with Crippen molar-refractivity contribution in [3.63, 3.8) is 0 Å². The molecule has 0 aliphatic heterocycles. The van der Waals surface area contributed by atoms with E-state index in [1.54, 1.807) is 0 Å². The van der Waals surface area contributed by atoms with Crippen LogP contribution in [-0.2, 0) is 11.3 Å². The molecule has 2 aromatic rings. The summed E-state index contributed by atoms with van der Waals surface area (Å²) in [4.78, 5) is 16.5. The van der Waals surface area contributed by atoms with E-state index in [0.717, 1.165) is 35.4 Å². The molecular formula is C16H22ClN3O. The molecule has 2 rings (SSSR count).